The number of halogens is 1. The van der Waals surface area contributed by atoms with Crippen LogP contribution in [0.4, 0.5) is 4.39 Å². The van der Waals surface area contributed by atoms with Crippen LogP contribution in [0.2, 0.25) is 0 Å². The monoisotopic (exact) mass is 173 g/mol. The van der Waals surface area contributed by atoms with Gasteiger partial charge in [0, 0.05) is 6.07 Å². The van der Waals surface area contributed by atoms with E-state index in [1.54, 1.807) is 0 Å². The molecule has 0 unspecified atom stereocenters. The quantitative estimate of drug-likeness (QED) is 0.642. The summed E-state index contributed by atoms with van der Waals surface area (Å²) in [7, 11) is 1.47. The maximum Gasteiger partial charge on any atom is 0.290 e. The van der Waals surface area contributed by atoms with E-state index in [4.69, 9.17) is 14.6 Å². The molecule has 0 fully saturated rings. The molecule has 1 aromatic rings. The zero-order valence-electron chi connectivity index (χ0n) is 6.40. The predicted octanol–water partition coefficient (Wildman–Crippen LogP) is 0.930. The van der Waals surface area contributed by atoms with Crippen molar-refractivity contribution in [2.45, 2.75) is 0 Å². The molecule has 1 aromatic heterocycles. The summed E-state index contributed by atoms with van der Waals surface area (Å²) in [5.74, 6) is 0.0596. The van der Waals surface area contributed by atoms with Gasteiger partial charge >= 0.3 is 0 Å². The van der Waals surface area contributed by atoms with E-state index in [0.29, 0.717) is 5.75 Å². The molecule has 66 valence electrons. The van der Waals surface area contributed by atoms with Crippen molar-refractivity contribution >= 4 is 6.47 Å². The lowest BCUT2D eigenvalue weighted by Gasteiger charge is -1.95. The summed E-state index contributed by atoms with van der Waals surface area (Å²) in [5.41, 5.74) is 0. The van der Waals surface area contributed by atoms with Crippen LogP contribution in [0.5, 0.6) is 5.75 Å². The largest absolute Gasteiger partial charge is 0.495 e. The molecule has 0 amide bonds. The molecule has 1 rings (SSSR count). The minimum atomic E-state index is -0.380. The van der Waals surface area contributed by atoms with E-state index in [1.807, 2.05) is 0 Å². The Balaban J connectivity index is 0.000000354. The van der Waals surface area contributed by atoms with Crippen molar-refractivity contribution in [3.05, 3.63) is 24.3 Å². The third kappa shape index (κ3) is 4.21. The summed E-state index contributed by atoms with van der Waals surface area (Å²) >= 11 is 0. The highest BCUT2D eigenvalue weighted by Gasteiger charge is 1.91. The van der Waals surface area contributed by atoms with Gasteiger partial charge in [0.15, 0.2) is 0 Å². The van der Waals surface area contributed by atoms with Gasteiger partial charge in [-0.25, -0.2) is 4.39 Å². The number of rotatable bonds is 1. The minimum absolute atomic E-state index is 0.250. The second kappa shape index (κ2) is 6.09. The van der Waals surface area contributed by atoms with E-state index in [1.165, 1.54) is 19.4 Å². The van der Waals surface area contributed by atoms with Gasteiger partial charge in [-0.05, 0) is 0 Å². The van der Waals surface area contributed by atoms with Gasteiger partial charge < -0.3 is 9.84 Å². The number of carbonyl (C=O) groups is 1. The van der Waals surface area contributed by atoms with Crippen molar-refractivity contribution in [3.63, 3.8) is 0 Å². The minimum Gasteiger partial charge on any atom is -0.495 e. The van der Waals surface area contributed by atoms with Gasteiger partial charge in [-0.2, -0.15) is 0 Å². The lowest BCUT2D eigenvalue weighted by atomic mass is 10.4. The number of nitrogens with zero attached hydrogens (tertiary/aromatic N) is 1. The Morgan fingerprint density at radius 1 is 1.67 bits per heavy atom. The molecule has 0 radical (unpaired) electrons. The van der Waals surface area contributed by atoms with E-state index in [-0.39, 0.29) is 12.3 Å². The third-order valence-electron chi connectivity index (χ3n) is 0.915. The Labute approximate surface area is 68.6 Å². The third-order valence-corrected chi connectivity index (χ3v) is 0.915. The second-order valence-electron chi connectivity index (χ2n) is 1.65. The fraction of sp³-hybridized carbons (Fsp3) is 0.143. The van der Waals surface area contributed by atoms with Gasteiger partial charge in [-0.15, -0.1) is 0 Å². The molecule has 0 saturated carbocycles. The van der Waals surface area contributed by atoms with E-state index in [9.17, 15) is 4.39 Å². The van der Waals surface area contributed by atoms with Crippen LogP contribution in [-0.2, 0) is 4.79 Å². The predicted molar refractivity (Wildman–Crippen MR) is 39.4 cm³/mol. The zero-order valence-corrected chi connectivity index (χ0v) is 6.40. The molecule has 1 heterocycles. The summed E-state index contributed by atoms with van der Waals surface area (Å²) in [4.78, 5) is 11.9. The van der Waals surface area contributed by atoms with Crippen LogP contribution >= 0.6 is 0 Å². The summed E-state index contributed by atoms with van der Waals surface area (Å²) in [6.45, 7) is -0.250. The number of hydrogen-bond acceptors (Lipinski definition) is 3. The number of carboxylic acid groups (broad SMARTS) is 1. The zero-order chi connectivity index (χ0) is 9.40. The van der Waals surface area contributed by atoms with E-state index in [0.717, 1.165) is 6.20 Å². The topological polar surface area (TPSA) is 59.4 Å². The van der Waals surface area contributed by atoms with Crippen LogP contribution in [-0.4, -0.2) is 23.7 Å². The van der Waals surface area contributed by atoms with Crippen LogP contribution in [0.15, 0.2) is 18.5 Å². The number of ether oxygens (including phenoxy) is 1. The Kier molecular flexibility index (Phi) is 5.25. The fourth-order valence-electron chi connectivity index (χ4n) is 0.504. The Bertz CT molecular complexity index is 242. The van der Waals surface area contributed by atoms with Gasteiger partial charge in [0.25, 0.3) is 6.47 Å². The van der Waals surface area contributed by atoms with Gasteiger partial charge in [0.2, 0.25) is 0 Å². The van der Waals surface area contributed by atoms with Crippen LogP contribution in [0.3, 0.4) is 0 Å². The van der Waals surface area contributed by atoms with Crippen molar-refractivity contribution in [1.29, 1.82) is 0 Å². The molecular formula is C7H8FNO3. The molecule has 0 aliphatic rings. The van der Waals surface area contributed by atoms with Gasteiger partial charge in [-0.3, -0.25) is 9.78 Å². The number of aromatic nitrogens is 1. The summed E-state index contributed by atoms with van der Waals surface area (Å²) in [6, 6.07) is 1.27. The lowest BCUT2D eigenvalue weighted by Crippen LogP contribution is -1.84. The molecule has 0 aliphatic heterocycles. The first kappa shape index (κ1) is 10.3. The van der Waals surface area contributed by atoms with Crippen LogP contribution in [0.1, 0.15) is 0 Å². The number of methoxy groups -OCH3 is 1. The smallest absolute Gasteiger partial charge is 0.290 e. The van der Waals surface area contributed by atoms with Crippen LogP contribution < -0.4 is 4.74 Å². The Hall–Kier alpha value is -1.65. The highest BCUT2D eigenvalue weighted by Crippen LogP contribution is 2.07. The molecular weight excluding hydrogens is 165 g/mol. The lowest BCUT2D eigenvalue weighted by molar-refractivity contribution is -0.122. The molecule has 0 atom stereocenters. The number of pyridine rings is 1. The van der Waals surface area contributed by atoms with Crippen LogP contribution in [0.25, 0.3) is 0 Å². The maximum atomic E-state index is 12.2. The van der Waals surface area contributed by atoms with Crippen molar-refractivity contribution in [1.82, 2.24) is 4.98 Å². The highest BCUT2D eigenvalue weighted by atomic mass is 19.1. The van der Waals surface area contributed by atoms with Gasteiger partial charge in [0.1, 0.15) is 11.6 Å². The van der Waals surface area contributed by atoms with Crippen molar-refractivity contribution in [2.75, 3.05) is 7.11 Å². The Morgan fingerprint density at radius 2 is 2.25 bits per heavy atom. The summed E-state index contributed by atoms with van der Waals surface area (Å²) < 4.78 is 16.9. The van der Waals surface area contributed by atoms with Crippen molar-refractivity contribution in [3.8, 4) is 5.75 Å². The standard InChI is InChI=1S/C6H6FNO.CH2O2/c1-9-6-2-5(7)3-8-4-6;2-1-3/h2-4H,1H3;1H,(H,2,3). The summed E-state index contributed by atoms with van der Waals surface area (Å²) in [5, 5.41) is 6.89. The van der Waals surface area contributed by atoms with E-state index >= 15 is 0 Å². The molecule has 0 aliphatic carbocycles. The van der Waals surface area contributed by atoms with Gasteiger partial charge in [-0.1, -0.05) is 0 Å². The first-order valence-corrected chi connectivity index (χ1v) is 2.97. The van der Waals surface area contributed by atoms with Crippen LogP contribution in [0, 0.1) is 5.82 Å². The number of hydrogen-bond donors (Lipinski definition) is 1. The van der Waals surface area contributed by atoms with Crippen molar-refractivity contribution < 1.29 is 19.0 Å². The molecule has 0 saturated heterocycles. The van der Waals surface area contributed by atoms with Gasteiger partial charge in [0.05, 0.1) is 19.5 Å². The molecule has 4 nitrogen and oxygen atoms in total. The summed E-state index contributed by atoms with van der Waals surface area (Å²) in [6.07, 6.45) is 2.58. The molecule has 5 heteroatoms. The molecule has 12 heavy (non-hydrogen) atoms. The average molecular weight is 173 g/mol. The normalized spacial score (nSPS) is 7.83. The molecule has 1 N–H and O–H groups in total. The van der Waals surface area contributed by atoms with Crippen molar-refractivity contribution in [2.24, 2.45) is 0 Å². The SMILES string of the molecule is COc1cncc(F)c1.O=CO. The maximum absolute atomic E-state index is 12.2. The molecule has 0 aromatic carbocycles. The highest BCUT2D eigenvalue weighted by molar-refractivity contribution is 5.32. The molecule has 0 spiro atoms. The second-order valence-corrected chi connectivity index (χ2v) is 1.65. The van der Waals surface area contributed by atoms with E-state index in [2.05, 4.69) is 4.98 Å². The Morgan fingerprint density at radius 3 is 2.58 bits per heavy atom. The fourth-order valence-corrected chi connectivity index (χ4v) is 0.504. The first-order chi connectivity index (χ1) is 5.74. The first-order valence-electron chi connectivity index (χ1n) is 2.97. The molecule has 0 bridgehead atoms. The average Bonchev–Trinajstić information content (AvgIpc) is 2.06. The van der Waals surface area contributed by atoms with E-state index < -0.39 is 0 Å².